The Morgan fingerprint density at radius 2 is 1.64 bits per heavy atom. The topological polar surface area (TPSA) is 63.7 Å². The predicted octanol–water partition coefficient (Wildman–Crippen LogP) is 4.63. The van der Waals surface area contributed by atoms with Crippen molar-refractivity contribution in [1.29, 1.82) is 0 Å². The molecule has 0 aliphatic heterocycles. The van der Waals surface area contributed by atoms with Crippen molar-refractivity contribution < 1.29 is 17.9 Å². The molecule has 0 bridgehead atoms. The summed E-state index contributed by atoms with van der Waals surface area (Å²) >= 11 is 3.35. The number of esters is 1. The molecule has 0 aromatic heterocycles. The van der Waals surface area contributed by atoms with Gasteiger partial charge in [0.25, 0.3) is 10.0 Å². The van der Waals surface area contributed by atoms with E-state index in [0.717, 1.165) is 10.0 Å². The number of hydrogen-bond donors (Lipinski definition) is 0. The maximum atomic E-state index is 12.9. The van der Waals surface area contributed by atoms with Crippen molar-refractivity contribution in [2.75, 3.05) is 11.4 Å². The van der Waals surface area contributed by atoms with Gasteiger partial charge < -0.3 is 4.74 Å². The second-order valence-corrected chi connectivity index (χ2v) is 8.92. The molecule has 0 atom stereocenters. The molecular weight excluding hydrogens is 442 g/mol. The number of para-hydroxylation sites is 1. The zero-order valence-electron chi connectivity index (χ0n) is 15.1. The Morgan fingerprint density at radius 3 is 2.32 bits per heavy atom. The zero-order valence-corrected chi connectivity index (χ0v) is 17.5. The van der Waals surface area contributed by atoms with Gasteiger partial charge in [-0.3, -0.25) is 4.31 Å². The van der Waals surface area contributed by atoms with Gasteiger partial charge in [-0.15, -0.1) is 0 Å². The SMILES string of the molecule is CN(c1ccccc1)S(=O)(=O)c1cccc(C(=O)OCc2ccc(Br)cc2)c1. The lowest BCUT2D eigenvalue weighted by atomic mass is 10.2. The van der Waals surface area contributed by atoms with E-state index in [1.54, 1.807) is 24.3 Å². The Kier molecular flexibility index (Phi) is 6.16. The molecule has 0 saturated heterocycles. The van der Waals surface area contributed by atoms with E-state index in [4.69, 9.17) is 4.74 Å². The van der Waals surface area contributed by atoms with Crippen molar-refractivity contribution in [3.05, 3.63) is 94.5 Å². The number of sulfonamides is 1. The number of ether oxygens (including phenoxy) is 1. The van der Waals surface area contributed by atoms with Crippen LogP contribution in [-0.2, 0) is 21.4 Å². The lowest BCUT2D eigenvalue weighted by Crippen LogP contribution is -2.26. The number of nitrogens with zero attached hydrogens (tertiary/aromatic N) is 1. The van der Waals surface area contributed by atoms with Crippen LogP contribution in [0.15, 0.2) is 88.2 Å². The van der Waals surface area contributed by atoms with Gasteiger partial charge in [-0.25, -0.2) is 13.2 Å². The van der Waals surface area contributed by atoms with Gasteiger partial charge in [0.15, 0.2) is 0 Å². The van der Waals surface area contributed by atoms with Gasteiger partial charge in [0.2, 0.25) is 0 Å². The minimum atomic E-state index is -3.80. The minimum Gasteiger partial charge on any atom is -0.457 e. The molecule has 5 nitrogen and oxygen atoms in total. The Labute approximate surface area is 172 Å². The van der Waals surface area contributed by atoms with Gasteiger partial charge in [0.05, 0.1) is 16.1 Å². The van der Waals surface area contributed by atoms with Crippen molar-refractivity contribution in [2.45, 2.75) is 11.5 Å². The first-order chi connectivity index (χ1) is 13.4. The van der Waals surface area contributed by atoms with Crippen LogP contribution < -0.4 is 4.31 Å². The number of rotatable bonds is 6. The minimum absolute atomic E-state index is 0.0249. The van der Waals surface area contributed by atoms with Crippen LogP contribution in [0.2, 0.25) is 0 Å². The summed E-state index contributed by atoms with van der Waals surface area (Å²) in [5.74, 6) is -0.581. The molecule has 0 N–H and O–H groups in total. The molecule has 0 spiro atoms. The van der Waals surface area contributed by atoms with E-state index < -0.39 is 16.0 Å². The van der Waals surface area contributed by atoms with Gasteiger partial charge in [-0.05, 0) is 48.0 Å². The third-order valence-corrected chi connectivity index (χ3v) is 6.44. The van der Waals surface area contributed by atoms with Crippen LogP contribution in [-0.4, -0.2) is 21.4 Å². The van der Waals surface area contributed by atoms with E-state index in [-0.39, 0.29) is 17.1 Å². The molecule has 3 aromatic carbocycles. The quantitative estimate of drug-likeness (QED) is 0.504. The van der Waals surface area contributed by atoms with Gasteiger partial charge in [0, 0.05) is 11.5 Å². The smallest absolute Gasteiger partial charge is 0.338 e. The maximum Gasteiger partial charge on any atom is 0.338 e. The van der Waals surface area contributed by atoms with E-state index in [1.165, 1.54) is 35.6 Å². The van der Waals surface area contributed by atoms with Crippen molar-refractivity contribution in [2.24, 2.45) is 0 Å². The third kappa shape index (κ3) is 4.61. The molecule has 3 aromatic rings. The summed E-state index contributed by atoms with van der Waals surface area (Å²) in [6, 6.07) is 22.0. The van der Waals surface area contributed by atoms with Gasteiger partial charge >= 0.3 is 5.97 Å². The highest BCUT2D eigenvalue weighted by molar-refractivity contribution is 9.10. The third-order valence-electron chi connectivity index (χ3n) is 4.13. The highest BCUT2D eigenvalue weighted by Gasteiger charge is 2.22. The molecule has 7 heteroatoms. The van der Waals surface area contributed by atoms with Crippen LogP contribution >= 0.6 is 15.9 Å². The average Bonchev–Trinajstić information content (AvgIpc) is 2.73. The fourth-order valence-electron chi connectivity index (χ4n) is 2.53. The fourth-order valence-corrected chi connectivity index (χ4v) is 4.04. The first-order valence-corrected chi connectivity index (χ1v) is 10.7. The standard InChI is InChI=1S/C21H18BrNO4S/c1-23(19-7-3-2-4-8-19)28(25,26)20-9-5-6-17(14-20)21(24)27-15-16-10-12-18(22)13-11-16/h2-14H,15H2,1H3. The number of anilines is 1. The van der Waals surface area contributed by atoms with Crippen LogP contribution in [0.4, 0.5) is 5.69 Å². The molecule has 3 rings (SSSR count). The molecule has 0 aliphatic carbocycles. The molecule has 0 heterocycles. The van der Waals surface area contributed by atoms with E-state index >= 15 is 0 Å². The Hall–Kier alpha value is -2.64. The predicted molar refractivity (Wildman–Crippen MR) is 112 cm³/mol. The van der Waals surface area contributed by atoms with Crippen LogP contribution in [0.5, 0.6) is 0 Å². The Balaban J connectivity index is 1.77. The average molecular weight is 460 g/mol. The molecule has 28 heavy (non-hydrogen) atoms. The largest absolute Gasteiger partial charge is 0.457 e. The van der Waals surface area contributed by atoms with Crippen molar-refractivity contribution in [3.8, 4) is 0 Å². The van der Waals surface area contributed by atoms with Crippen LogP contribution in [0.3, 0.4) is 0 Å². The Bertz CT molecular complexity index is 1070. The normalized spacial score (nSPS) is 11.1. The molecule has 0 aliphatic rings. The van der Waals surface area contributed by atoms with Gasteiger partial charge in [-0.2, -0.15) is 0 Å². The first-order valence-electron chi connectivity index (χ1n) is 8.43. The summed E-state index contributed by atoms with van der Waals surface area (Å²) in [7, 11) is -2.32. The van der Waals surface area contributed by atoms with Crippen molar-refractivity contribution >= 4 is 37.6 Å². The summed E-state index contributed by atoms with van der Waals surface area (Å²) in [6.45, 7) is 0.104. The van der Waals surface area contributed by atoms with Crippen LogP contribution in [0.1, 0.15) is 15.9 Å². The monoisotopic (exact) mass is 459 g/mol. The summed E-state index contributed by atoms with van der Waals surface area (Å²) in [5.41, 5.74) is 1.55. The number of hydrogen-bond acceptors (Lipinski definition) is 4. The summed E-state index contributed by atoms with van der Waals surface area (Å²) in [5, 5.41) is 0. The number of carbonyl (C=O) groups excluding carboxylic acids is 1. The van der Waals surface area contributed by atoms with E-state index in [9.17, 15) is 13.2 Å². The number of carbonyl (C=O) groups is 1. The van der Waals surface area contributed by atoms with E-state index in [1.807, 2.05) is 30.3 Å². The van der Waals surface area contributed by atoms with Gasteiger partial charge in [0.1, 0.15) is 6.61 Å². The van der Waals surface area contributed by atoms with Crippen LogP contribution in [0.25, 0.3) is 0 Å². The molecule has 144 valence electrons. The summed E-state index contributed by atoms with van der Waals surface area (Å²) in [6.07, 6.45) is 0. The summed E-state index contributed by atoms with van der Waals surface area (Å²) < 4.78 is 33.2. The molecule has 0 fully saturated rings. The van der Waals surface area contributed by atoms with E-state index in [0.29, 0.717) is 5.69 Å². The number of halogens is 1. The molecular formula is C21H18BrNO4S. The Morgan fingerprint density at radius 1 is 0.964 bits per heavy atom. The molecule has 0 saturated carbocycles. The summed E-state index contributed by atoms with van der Waals surface area (Å²) in [4.78, 5) is 12.4. The van der Waals surface area contributed by atoms with Crippen LogP contribution in [0, 0.1) is 0 Å². The lowest BCUT2D eigenvalue weighted by Gasteiger charge is -2.19. The van der Waals surface area contributed by atoms with Crippen molar-refractivity contribution in [1.82, 2.24) is 0 Å². The van der Waals surface area contributed by atoms with E-state index in [2.05, 4.69) is 15.9 Å². The van der Waals surface area contributed by atoms with Gasteiger partial charge in [-0.1, -0.05) is 52.3 Å². The first kappa shape index (κ1) is 20.1. The molecule has 0 amide bonds. The lowest BCUT2D eigenvalue weighted by molar-refractivity contribution is 0.0472. The maximum absolute atomic E-state index is 12.9. The second kappa shape index (κ2) is 8.58. The van der Waals surface area contributed by atoms with Crippen molar-refractivity contribution in [3.63, 3.8) is 0 Å². The molecule has 0 unspecified atom stereocenters. The fraction of sp³-hybridized carbons (Fsp3) is 0.0952. The molecule has 0 radical (unpaired) electrons. The highest BCUT2D eigenvalue weighted by atomic mass is 79.9. The zero-order chi connectivity index (χ0) is 20.1. The second-order valence-electron chi connectivity index (χ2n) is 6.04. The number of benzene rings is 3. The highest BCUT2D eigenvalue weighted by Crippen LogP contribution is 2.22.